The van der Waals surface area contributed by atoms with E-state index in [4.69, 9.17) is 14.2 Å². The van der Waals surface area contributed by atoms with Gasteiger partial charge in [0.1, 0.15) is 11.6 Å². The van der Waals surface area contributed by atoms with Crippen LogP contribution < -0.4 is 24.4 Å². The molecule has 68 heavy (non-hydrogen) atoms. The number of carbonyl (C=O) groups is 4. The van der Waals surface area contributed by atoms with Crippen LogP contribution in [-0.4, -0.2) is 118 Å². The number of amides is 4. The molecule has 0 spiro atoms. The van der Waals surface area contributed by atoms with Crippen molar-refractivity contribution < 1.29 is 46.6 Å². The first-order chi connectivity index (χ1) is 32.6. The highest BCUT2D eigenvalue weighted by molar-refractivity contribution is 6.23. The summed E-state index contributed by atoms with van der Waals surface area (Å²) in [5.41, 5.74) is 1.38. The SMILES string of the molecule is CCOc1cc([C@@H](CC#N)N2C(=O)c3ccnc(N4CCN([C@H]5CCN(Cc6ccc(Oc7cc8c(cc7F)c([C@@]7(C)CCC(=O)NC7=O)nn8C)cc6)CC5(F)F)CC4)c3C2=O)ccc1OC. The van der Waals surface area contributed by atoms with Gasteiger partial charge in [-0.25, -0.2) is 18.2 Å². The number of rotatable bonds is 13. The van der Waals surface area contributed by atoms with Crippen LogP contribution in [0, 0.1) is 17.1 Å². The molecule has 16 nitrogen and oxygen atoms in total. The maximum absolute atomic E-state index is 16.0. The number of anilines is 1. The first-order valence-corrected chi connectivity index (χ1v) is 22.6. The van der Waals surface area contributed by atoms with Gasteiger partial charge in [-0.2, -0.15) is 10.4 Å². The number of hydrogen-bond donors (Lipinski definition) is 1. The number of aryl methyl sites for hydroxylation is 1. The molecule has 3 atom stereocenters. The van der Waals surface area contributed by atoms with Crippen LogP contribution in [-0.2, 0) is 28.6 Å². The third kappa shape index (κ3) is 8.36. The molecule has 0 radical (unpaired) electrons. The lowest BCUT2D eigenvalue weighted by Crippen LogP contribution is -2.61. The lowest BCUT2D eigenvalue weighted by Gasteiger charge is -2.46. The van der Waals surface area contributed by atoms with Crippen molar-refractivity contribution in [3.05, 3.63) is 101 Å². The molecule has 6 heterocycles. The van der Waals surface area contributed by atoms with Crippen LogP contribution in [0.5, 0.6) is 23.0 Å². The molecule has 0 saturated carbocycles. The monoisotopic (exact) mass is 933 g/mol. The first-order valence-electron chi connectivity index (χ1n) is 22.6. The molecule has 9 rings (SSSR count). The van der Waals surface area contributed by atoms with E-state index in [0.717, 1.165) is 10.5 Å². The highest BCUT2D eigenvalue weighted by atomic mass is 19.3. The van der Waals surface area contributed by atoms with E-state index in [9.17, 15) is 24.4 Å². The molecule has 3 aromatic carbocycles. The van der Waals surface area contributed by atoms with E-state index in [2.05, 4.69) is 21.5 Å². The first kappa shape index (κ1) is 46.1. The van der Waals surface area contributed by atoms with Gasteiger partial charge in [0, 0.05) is 70.4 Å². The van der Waals surface area contributed by atoms with Crippen molar-refractivity contribution in [1.29, 1.82) is 5.26 Å². The number of alkyl halides is 2. The van der Waals surface area contributed by atoms with E-state index in [-0.39, 0.29) is 68.1 Å². The van der Waals surface area contributed by atoms with E-state index in [0.29, 0.717) is 71.5 Å². The maximum Gasteiger partial charge on any atom is 0.275 e. The summed E-state index contributed by atoms with van der Waals surface area (Å²) >= 11 is 0. The Balaban J connectivity index is 0.815. The standard InChI is InChI=1S/C49H50F3N9O7/c1-5-67-39-24-30(8-11-37(39)66-4)35(13-17-53)61-45(63)32-14-18-54-44(42(32)46(61)64)60-22-20-59(21-23-60)40-15-19-58(28-49(40,51)52)27-29-6-9-31(10-7-29)68-38-26-36-33(25-34(38)50)43(56-57(36)3)48(2)16-12-41(62)55-47(48)65/h6-11,14,18,24-26,35,40H,5,12-13,15-16,19-23,27-28H2,1-4H3,(H,55,62,65)/t35-,40+,48-/m1/s1. The third-order valence-corrected chi connectivity index (χ3v) is 13.6. The number of halogens is 3. The van der Waals surface area contributed by atoms with Crippen molar-refractivity contribution in [2.75, 3.05) is 57.9 Å². The number of piperidine rings is 2. The number of ether oxygens (including phenoxy) is 3. The molecule has 19 heteroatoms. The number of carbonyl (C=O) groups excluding carboxylic acids is 4. The van der Waals surface area contributed by atoms with Crippen LogP contribution >= 0.6 is 0 Å². The smallest absolute Gasteiger partial charge is 0.275 e. The van der Waals surface area contributed by atoms with Gasteiger partial charge in [-0.15, -0.1) is 0 Å². The zero-order chi connectivity index (χ0) is 48.1. The second-order valence-corrected chi connectivity index (χ2v) is 17.8. The Hall–Kier alpha value is -7.04. The van der Waals surface area contributed by atoms with Crippen molar-refractivity contribution >= 4 is 40.3 Å². The van der Waals surface area contributed by atoms with Gasteiger partial charge < -0.3 is 19.1 Å². The Bertz CT molecular complexity index is 2860. The minimum atomic E-state index is -3.03. The summed E-state index contributed by atoms with van der Waals surface area (Å²) in [4.78, 5) is 63.7. The number of likely N-dealkylation sites (tertiary alicyclic amines) is 1. The number of piperazine rings is 1. The van der Waals surface area contributed by atoms with E-state index in [1.807, 2.05) is 11.8 Å². The number of benzene rings is 3. The summed E-state index contributed by atoms with van der Waals surface area (Å²) in [6, 6.07) is 16.3. The Kier molecular flexibility index (Phi) is 12.3. The molecule has 0 aliphatic carbocycles. The predicted molar refractivity (Wildman–Crippen MR) is 241 cm³/mol. The Morgan fingerprint density at radius 3 is 2.41 bits per heavy atom. The number of nitrogens with zero attached hydrogens (tertiary/aromatic N) is 8. The number of aromatic nitrogens is 3. The zero-order valence-electron chi connectivity index (χ0n) is 38.1. The molecule has 1 N–H and O–H groups in total. The average molecular weight is 934 g/mol. The summed E-state index contributed by atoms with van der Waals surface area (Å²) in [7, 11) is 3.18. The van der Waals surface area contributed by atoms with Gasteiger partial charge in [0.2, 0.25) is 11.8 Å². The van der Waals surface area contributed by atoms with E-state index < -0.39 is 53.5 Å². The molecular weight excluding hydrogens is 884 g/mol. The summed E-state index contributed by atoms with van der Waals surface area (Å²) in [6.07, 6.45) is 1.92. The highest BCUT2D eigenvalue weighted by Gasteiger charge is 2.49. The maximum atomic E-state index is 16.0. The zero-order valence-corrected chi connectivity index (χ0v) is 38.1. The number of pyridine rings is 1. The molecule has 4 aliphatic heterocycles. The van der Waals surface area contributed by atoms with Crippen LogP contribution in [0.15, 0.2) is 66.9 Å². The van der Waals surface area contributed by atoms with Crippen molar-refractivity contribution in [2.45, 2.75) is 69.5 Å². The summed E-state index contributed by atoms with van der Waals surface area (Å²) in [5, 5.41) is 17.1. The molecule has 0 unspecified atom stereocenters. The number of methoxy groups -OCH3 is 1. The Morgan fingerprint density at radius 2 is 1.72 bits per heavy atom. The topological polar surface area (TPSA) is 175 Å². The van der Waals surface area contributed by atoms with Crippen molar-refractivity contribution in [2.24, 2.45) is 7.05 Å². The minimum Gasteiger partial charge on any atom is -0.493 e. The molecule has 354 valence electrons. The molecule has 0 bridgehead atoms. The summed E-state index contributed by atoms with van der Waals surface area (Å²) < 4.78 is 66.3. The van der Waals surface area contributed by atoms with Gasteiger partial charge in [-0.1, -0.05) is 18.2 Å². The minimum absolute atomic E-state index is 0.0575. The molecule has 4 aliphatic rings. The number of fused-ring (bicyclic) bond motifs is 2. The Morgan fingerprint density at radius 1 is 0.956 bits per heavy atom. The largest absolute Gasteiger partial charge is 0.493 e. The van der Waals surface area contributed by atoms with Crippen LogP contribution in [0.2, 0.25) is 0 Å². The number of imide groups is 2. The molecule has 4 amide bonds. The van der Waals surface area contributed by atoms with E-state index >= 15 is 13.2 Å². The number of nitriles is 1. The molecule has 3 saturated heterocycles. The predicted octanol–water partition coefficient (Wildman–Crippen LogP) is 6.28. The van der Waals surface area contributed by atoms with Gasteiger partial charge in [0.15, 0.2) is 23.1 Å². The van der Waals surface area contributed by atoms with Gasteiger partial charge in [0.25, 0.3) is 17.7 Å². The summed E-state index contributed by atoms with van der Waals surface area (Å²) in [6.45, 7) is 5.28. The lowest BCUT2D eigenvalue weighted by molar-refractivity contribution is -0.137. The fourth-order valence-electron chi connectivity index (χ4n) is 9.97. The van der Waals surface area contributed by atoms with Crippen molar-refractivity contribution in [3.63, 3.8) is 0 Å². The fraction of sp³-hybridized carbons (Fsp3) is 0.408. The van der Waals surface area contributed by atoms with Gasteiger partial charge in [-0.3, -0.25) is 43.9 Å². The van der Waals surface area contributed by atoms with Gasteiger partial charge in [0.05, 0.1) is 72.6 Å². The molecule has 5 aromatic rings. The Labute approximate surface area is 390 Å². The normalized spacial score (nSPS) is 21.4. The average Bonchev–Trinajstić information content (AvgIpc) is 3.78. The number of nitrogens with one attached hydrogen (secondary N) is 1. The van der Waals surface area contributed by atoms with Gasteiger partial charge in [-0.05, 0) is 74.2 Å². The van der Waals surface area contributed by atoms with Crippen LogP contribution in [0.1, 0.15) is 83.1 Å². The lowest BCUT2D eigenvalue weighted by atomic mass is 9.77. The fourth-order valence-corrected chi connectivity index (χ4v) is 9.97. The molecule has 3 fully saturated rings. The van der Waals surface area contributed by atoms with Crippen LogP contribution in [0.25, 0.3) is 10.9 Å². The van der Waals surface area contributed by atoms with Gasteiger partial charge >= 0.3 is 0 Å². The van der Waals surface area contributed by atoms with E-state index in [1.165, 1.54) is 31.5 Å². The molecular formula is C49H50F3N9O7. The second-order valence-electron chi connectivity index (χ2n) is 17.8. The highest BCUT2D eigenvalue weighted by Crippen LogP contribution is 2.42. The molecule has 2 aromatic heterocycles. The summed E-state index contributed by atoms with van der Waals surface area (Å²) in [5.74, 6) is -4.21. The van der Waals surface area contributed by atoms with Crippen molar-refractivity contribution in [3.8, 4) is 29.1 Å². The van der Waals surface area contributed by atoms with Crippen LogP contribution in [0.3, 0.4) is 0 Å². The van der Waals surface area contributed by atoms with E-state index in [1.54, 1.807) is 70.9 Å². The second kappa shape index (κ2) is 18.2. The van der Waals surface area contributed by atoms with Crippen LogP contribution in [0.4, 0.5) is 19.0 Å². The third-order valence-electron chi connectivity index (χ3n) is 13.6. The number of hydrogen-bond acceptors (Lipinski definition) is 13. The van der Waals surface area contributed by atoms with Crippen molar-refractivity contribution in [1.82, 2.24) is 34.8 Å². The quantitative estimate of drug-likeness (QED) is 0.131.